The SMILES string of the molecule is CCCC[N+]1(CC[N+]2(CCCC)CCCCC2)CCCCC1. The molecule has 0 radical (unpaired) electrons. The summed E-state index contributed by atoms with van der Waals surface area (Å²) >= 11 is 0. The zero-order valence-corrected chi connectivity index (χ0v) is 15.6. The first-order valence-electron chi connectivity index (χ1n) is 10.4. The third-order valence-corrected chi connectivity index (χ3v) is 6.55. The van der Waals surface area contributed by atoms with Crippen molar-refractivity contribution in [2.45, 2.75) is 78.1 Å². The summed E-state index contributed by atoms with van der Waals surface area (Å²) in [4.78, 5) is 0. The first-order chi connectivity index (χ1) is 10.7. The summed E-state index contributed by atoms with van der Waals surface area (Å²) in [6.45, 7) is 16.5. The van der Waals surface area contributed by atoms with Crippen molar-refractivity contribution in [3.05, 3.63) is 0 Å². The Morgan fingerprint density at radius 2 is 0.864 bits per heavy atom. The van der Waals surface area contributed by atoms with Crippen molar-refractivity contribution < 1.29 is 8.97 Å². The van der Waals surface area contributed by atoms with Gasteiger partial charge in [0, 0.05) is 0 Å². The number of rotatable bonds is 9. The van der Waals surface area contributed by atoms with E-state index in [-0.39, 0.29) is 0 Å². The van der Waals surface area contributed by atoms with Gasteiger partial charge in [-0.15, -0.1) is 0 Å². The maximum atomic E-state index is 2.36. The largest absolute Gasteiger partial charge is 0.319 e. The lowest BCUT2D eigenvalue weighted by Gasteiger charge is -2.47. The minimum Gasteiger partial charge on any atom is -0.319 e. The second-order valence-electron chi connectivity index (χ2n) is 8.30. The first-order valence-corrected chi connectivity index (χ1v) is 10.4. The molecule has 2 aliphatic heterocycles. The maximum Gasteiger partial charge on any atom is 0.128 e. The van der Waals surface area contributed by atoms with Crippen molar-refractivity contribution in [3.8, 4) is 0 Å². The molecule has 0 N–H and O–H groups in total. The van der Waals surface area contributed by atoms with Crippen LogP contribution in [0.2, 0.25) is 0 Å². The van der Waals surface area contributed by atoms with Crippen molar-refractivity contribution in [3.63, 3.8) is 0 Å². The van der Waals surface area contributed by atoms with Crippen LogP contribution in [0.3, 0.4) is 0 Å². The van der Waals surface area contributed by atoms with Crippen LogP contribution in [0.15, 0.2) is 0 Å². The second-order valence-corrected chi connectivity index (χ2v) is 8.30. The summed E-state index contributed by atoms with van der Waals surface area (Å²) in [6.07, 6.45) is 14.5. The Hall–Kier alpha value is -0.0800. The van der Waals surface area contributed by atoms with Gasteiger partial charge in [0.05, 0.1) is 39.3 Å². The molecule has 2 aliphatic rings. The van der Waals surface area contributed by atoms with E-state index in [2.05, 4.69) is 13.8 Å². The zero-order valence-electron chi connectivity index (χ0n) is 15.6. The Bertz CT molecular complexity index is 258. The lowest BCUT2D eigenvalue weighted by Crippen LogP contribution is -2.61. The minimum atomic E-state index is 1.37. The Morgan fingerprint density at radius 1 is 0.500 bits per heavy atom. The van der Waals surface area contributed by atoms with E-state index in [1.807, 2.05) is 0 Å². The zero-order chi connectivity index (χ0) is 15.7. The molecular weight excluding hydrogens is 268 g/mol. The predicted octanol–water partition coefficient (Wildman–Crippen LogP) is 4.59. The van der Waals surface area contributed by atoms with Crippen LogP contribution in [0.25, 0.3) is 0 Å². The highest BCUT2D eigenvalue weighted by Gasteiger charge is 2.35. The van der Waals surface area contributed by atoms with Gasteiger partial charge in [-0.05, 0) is 51.4 Å². The Morgan fingerprint density at radius 3 is 1.18 bits per heavy atom. The summed E-state index contributed by atoms with van der Waals surface area (Å²) in [6, 6.07) is 0. The van der Waals surface area contributed by atoms with E-state index in [0.717, 1.165) is 0 Å². The molecule has 2 rings (SSSR count). The number of likely N-dealkylation sites (tertiary alicyclic amines) is 2. The summed E-state index contributed by atoms with van der Waals surface area (Å²) in [5, 5.41) is 0. The summed E-state index contributed by atoms with van der Waals surface area (Å²) in [5.74, 6) is 0. The van der Waals surface area contributed by atoms with Gasteiger partial charge in [-0.2, -0.15) is 0 Å². The third kappa shape index (κ3) is 5.23. The molecule has 2 fully saturated rings. The monoisotopic (exact) mass is 310 g/mol. The van der Waals surface area contributed by atoms with Crippen LogP contribution in [0.5, 0.6) is 0 Å². The quantitative estimate of drug-likeness (QED) is 0.547. The third-order valence-electron chi connectivity index (χ3n) is 6.55. The molecule has 0 aliphatic carbocycles. The number of nitrogens with zero attached hydrogens (tertiary/aromatic N) is 2. The second kappa shape index (κ2) is 9.27. The molecule has 0 spiro atoms. The number of piperidine rings is 2. The van der Waals surface area contributed by atoms with E-state index in [1.54, 1.807) is 0 Å². The summed E-state index contributed by atoms with van der Waals surface area (Å²) in [7, 11) is 0. The van der Waals surface area contributed by atoms with Gasteiger partial charge in [-0.25, -0.2) is 0 Å². The highest BCUT2D eigenvalue weighted by atomic mass is 15.4. The van der Waals surface area contributed by atoms with Crippen LogP contribution in [0.4, 0.5) is 0 Å². The van der Waals surface area contributed by atoms with Gasteiger partial charge in [0.1, 0.15) is 13.1 Å². The van der Waals surface area contributed by atoms with Crippen LogP contribution in [0, 0.1) is 0 Å². The summed E-state index contributed by atoms with van der Waals surface area (Å²) < 4.78 is 2.94. The van der Waals surface area contributed by atoms with Gasteiger partial charge in [-0.1, -0.05) is 26.7 Å². The van der Waals surface area contributed by atoms with Crippen molar-refractivity contribution in [2.24, 2.45) is 0 Å². The summed E-state index contributed by atoms with van der Waals surface area (Å²) in [5.41, 5.74) is 0. The van der Waals surface area contributed by atoms with Crippen LogP contribution >= 0.6 is 0 Å². The smallest absolute Gasteiger partial charge is 0.128 e. The van der Waals surface area contributed by atoms with Gasteiger partial charge < -0.3 is 8.97 Å². The molecule has 0 unspecified atom stereocenters. The van der Waals surface area contributed by atoms with E-state index >= 15 is 0 Å². The molecule has 2 heterocycles. The molecule has 0 saturated carbocycles. The molecule has 2 saturated heterocycles. The van der Waals surface area contributed by atoms with Crippen LogP contribution in [0.1, 0.15) is 78.1 Å². The topological polar surface area (TPSA) is 0 Å². The normalized spacial score (nSPS) is 24.3. The molecule has 130 valence electrons. The standard InChI is InChI=1S/C20H42N2/c1-3-5-13-21(15-9-7-10-16-21)19-20-22(14-6-4-2)17-11-8-12-18-22/h3-20H2,1-2H3/q+2. The average Bonchev–Trinajstić information content (AvgIpc) is 2.58. The van der Waals surface area contributed by atoms with E-state index in [4.69, 9.17) is 0 Å². The van der Waals surface area contributed by atoms with Crippen LogP contribution in [-0.2, 0) is 0 Å². The van der Waals surface area contributed by atoms with Crippen molar-refractivity contribution in [1.29, 1.82) is 0 Å². The molecule has 0 amide bonds. The van der Waals surface area contributed by atoms with Crippen molar-refractivity contribution in [1.82, 2.24) is 0 Å². The van der Waals surface area contributed by atoms with Crippen molar-refractivity contribution in [2.75, 3.05) is 52.4 Å². The Balaban J connectivity index is 1.94. The highest BCUT2D eigenvalue weighted by Crippen LogP contribution is 2.24. The molecule has 0 aromatic heterocycles. The van der Waals surface area contributed by atoms with E-state index in [1.165, 1.54) is 126 Å². The molecule has 0 bridgehead atoms. The van der Waals surface area contributed by atoms with Gasteiger partial charge in [0.25, 0.3) is 0 Å². The molecular formula is C20H42N2+2. The number of quaternary nitrogens is 2. The molecule has 2 heteroatoms. The van der Waals surface area contributed by atoms with Gasteiger partial charge in [0.2, 0.25) is 0 Å². The van der Waals surface area contributed by atoms with Crippen molar-refractivity contribution >= 4 is 0 Å². The van der Waals surface area contributed by atoms with E-state index in [9.17, 15) is 0 Å². The molecule has 0 aromatic carbocycles. The minimum absolute atomic E-state index is 1.37. The Labute approximate surface area is 140 Å². The van der Waals surface area contributed by atoms with Crippen LogP contribution in [-0.4, -0.2) is 61.3 Å². The Kier molecular flexibility index (Phi) is 7.70. The fourth-order valence-electron chi connectivity index (χ4n) is 4.90. The van der Waals surface area contributed by atoms with Gasteiger partial charge in [0.15, 0.2) is 0 Å². The number of unbranched alkanes of at least 4 members (excludes halogenated alkanes) is 2. The average molecular weight is 311 g/mol. The first kappa shape index (κ1) is 18.3. The number of hydrogen-bond donors (Lipinski definition) is 0. The number of hydrogen-bond acceptors (Lipinski definition) is 0. The molecule has 0 aromatic rings. The van der Waals surface area contributed by atoms with Gasteiger partial charge >= 0.3 is 0 Å². The maximum absolute atomic E-state index is 2.36. The fraction of sp³-hybridized carbons (Fsp3) is 1.00. The lowest BCUT2D eigenvalue weighted by atomic mass is 10.0. The van der Waals surface area contributed by atoms with Gasteiger partial charge in [-0.3, -0.25) is 0 Å². The fourth-order valence-corrected chi connectivity index (χ4v) is 4.90. The highest BCUT2D eigenvalue weighted by molar-refractivity contribution is 4.59. The van der Waals surface area contributed by atoms with Crippen LogP contribution < -0.4 is 0 Å². The van der Waals surface area contributed by atoms with E-state index < -0.39 is 0 Å². The van der Waals surface area contributed by atoms with E-state index in [0.29, 0.717) is 0 Å². The molecule has 0 atom stereocenters. The lowest BCUT2D eigenvalue weighted by molar-refractivity contribution is -0.985. The molecule has 22 heavy (non-hydrogen) atoms. The predicted molar refractivity (Wildman–Crippen MR) is 97.0 cm³/mol. The molecule has 2 nitrogen and oxygen atoms in total.